The summed E-state index contributed by atoms with van der Waals surface area (Å²) in [5, 5.41) is 15.1. The summed E-state index contributed by atoms with van der Waals surface area (Å²) >= 11 is 0. The van der Waals surface area contributed by atoms with Crippen LogP contribution in [-0.4, -0.2) is 50.5 Å². The van der Waals surface area contributed by atoms with Gasteiger partial charge in [-0.25, -0.2) is 0 Å². The van der Waals surface area contributed by atoms with Crippen molar-refractivity contribution < 1.29 is 9.59 Å². The van der Waals surface area contributed by atoms with Crippen molar-refractivity contribution in [3.05, 3.63) is 59.2 Å². The Kier molecular flexibility index (Phi) is 6.56. The molecule has 0 aliphatic rings. The largest absolute Gasteiger partial charge is 0.335 e. The molecule has 0 aliphatic heterocycles. The van der Waals surface area contributed by atoms with Crippen molar-refractivity contribution >= 4 is 17.5 Å². The fourth-order valence-corrected chi connectivity index (χ4v) is 2.92. The van der Waals surface area contributed by atoms with Crippen molar-refractivity contribution in [2.45, 2.75) is 33.7 Å². The first kappa shape index (κ1) is 21.2. The van der Waals surface area contributed by atoms with Crippen LogP contribution in [0.25, 0.3) is 11.4 Å². The first-order valence-electron chi connectivity index (χ1n) is 9.84. The second-order valence-electron chi connectivity index (χ2n) is 7.31. The number of hydrogen-bond donors (Lipinski definition) is 1. The normalized spacial score (nSPS) is 10.7. The number of nitrogens with zero attached hydrogens (tertiary/aromatic N) is 5. The minimum Gasteiger partial charge on any atom is -0.335 e. The van der Waals surface area contributed by atoms with Crippen molar-refractivity contribution in [1.82, 2.24) is 25.1 Å². The van der Waals surface area contributed by atoms with Crippen LogP contribution >= 0.6 is 0 Å². The van der Waals surface area contributed by atoms with Gasteiger partial charge in [-0.2, -0.15) is 4.80 Å². The molecule has 0 unspecified atom stereocenters. The van der Waals surface area contributed by atoms with Gasteiger partial charge in [0.1, 0.15) is 6.54 Å². The SMILES string of the molecule is CCc1ccc(-c2nnn(CC(=O)N(C)CC(=O)Nc3cc(C)ccc3C)n2)cc1. The average Bonchev–Trinajstić information content (AvgIpc) is 3.19. The highest BCUT2D eigenvalue weighted by molar-refractivity contribution is 5.95. The summed E-state index contributed by atoms with van der Waals surface area (Å²) in [6.45, 7) is 5.82. The number of nitrogens with one attached hydrogen (secondary N) is 1. The van der Waals surface area contributed by atoms with Crippen molar-refractivity contribution in [3.8, 4) is 11.4 Å². The van der Waals surface area contributed by atoms with Gasteiger partial charge in [-0.1, -0.05) is 43.3 Å². The molecule has 30 heavy (non-hydrogen) atoms. The van der Waals surface area contributed by atoms with Crippen molar-refractivity contribution in [3.63, 3.8) is 0 Å². The predicted octanol–water partition coefficient (Wildman–Crippen LogP) is 2.62. The van der Waals surface area contributed by atoms with Crippen LogP contribution in [-0.2, 0) is 22.6 Å². The summed E-state index contributed by atoms with van der Waals surface area (Å²) < 4.78 is 0. The molecule has 8 heteroatoms. The molecule has 1 heterocycles. The summed E-state index contributed by atoms with van der Waals surface area (Å²) in [7, 11) is 1.58. The smallest absolute Gasteiger partial charge is 0.246 e. The summed E-state index contributed by atoms with van der Waals surface area (Å²) in [5.74, 6) is -0.0834. The van der Waals surface area contributed by atoms with Gasteiger partial charge in [0, 0.05) is 18.3 Å². The Morgan fingerprint density at radius 1 is 1.10 bits per heavy atom. The molecule has 156 valence electrons. The van der Waals surface area contributed by atoms with Crippen LogP contribution in [0.15, 0.2) is 42.5 Å². The Balaban J connectivity index is 1.57. The van der Waals surface area contributed by atoms with Gasteiger partial charge in [-0.3, -0.25) is 9.59 Å². The van der Waals surface area contributed by atoms with Crippen LogP contribution in [0.2, 0.25) is 0 Å². The van der Waals surface area contributed by atoms with Crippen LogP contribution in [0, 0.1) is 13.8 Å². The molecule has 3 rings (SSSR count). The second kappa shape index (κ2) is 9.30. The van der Waals surface area contributed by atoms with Gasteiger partial charge in [0.15, 0.2) is 0 Å². The number of hydrogen-bond acceptors (Lipinski definition) is 5. The van der Waals surface area contributed by atoms with Crippen LogP contribution in [0.3, 0.4) is 0 Å². The van der Waals surface area contributed by atoms with Gasteiger partial charge in [0.05, 0.1) is 6.54 Å². The van der Waals surface area contributed by atoms with E-state index in [0.717, 1.165) is 28.8 Å². The lowest BCUT2D eigenvalue weighted by molar-refractivity contribution is -0.134. The number of aromatic nitrogens is 4. The standard InChI is InChI=1S/C22H26N6O2/c1-5-17-8-10-18(11-9-17)22-24-26-28(25-22)14-21(30)27(4)13-20(29)23-19-12-15(2)6-7-16(19)3/h6-12H,5,13-14H2,1-4H3,(H,23,29). The summed E-state index contributed by atoms with van der Waals surface area (Å²) in [6, 6.07) is 13.7. The molecule has 0 saturated heterocycles. The maximum atomic E-state index is 12.5. The third-order valence-corrected chi connectivity index (χ3v) is 4.82. The van der Waals surface area contributed by atoms with E-state index in [2.05, 4.69) is 27.7 Å². The number of rotatable bonds is 7. The third kappa shape index (κ3) is 5.28. The van der Waals surface area contributed by atoms with Crippen LogP contribution in [0.4, 0.5) is 5.69 Å². The third-order valence-electron chi connectivity index (χ3n) is 4.82. The molecular weight excluding hydrogens is 380 g/mol. The molecule has 2 amide bonds. The fourth-order valence-electron chi connectivity index (χ4n) is 2.92. The van der Waals surface area contributed by atoms with E-state index in [4.69, 9.17) is 0 Å². The molecule has 0 fully saturated rings. The zero-order valence-corrected chi connectivity index (χ0v) is 17.7. The van der Waals surface area contributed by atoms with Gasteiger partial charge < -0.3 is 10.2 Å². The first-order chi connectivity index (χ1) is 14.4. The molecule has 0 radical (unpaired) electrons. The highest BCUT2D eigenvalue weighted by Gasteiger charge is 2.16. The molecule has 0 atom stereocenters. The molecule has 3 aromatic rings. The molecule has 8 nitrogen and oxygen atoms in total. The summed E-state index contributed by atoms with van der Waals surface area (Å²) in [6.07, 6.45) is 0.957. The van der Waals surface area contributed by atoms with E-state index in [-0.39, 0.29) is 24.9 Å². The molecule has 0 bridgehead atoms. The lowest BCUT2D eigenvalue weighted by Gasteiger charge is -2.17. The maximum absolute atomic E-state index is 12.5. The van der Waals surface area contributed by atoms with Gasteiger partial charge in [0.2, 0.25) is 17.6 Å². The van der Waals surface area contributed by atoms with E-state index in [1.54, 1.807) is 7.05 Å². The zero-order valence-electron chi connectivity index (χ0n) is 17.7. The van der Waals surface area contributed by atoms with E-state index >= 15 is 0 Å². The van der Waals surface area contributed by atoms with Crippen LogP contribution in [0.1, 0.15) is 23.6 Å². The summed E-state index contributed by atoms with van der Waals surface area (Å²) in [4.78, 5) is 27.4. The molecule has 0 spiro atoms. The molecule has 0 aliphatic carbocycles. The fraction of sp³-hybridized carbons (Fsp3) is 0.318. The Hall–Kier alpha value is -3.55. The number of amides is 2. The lowest BCUT2D eigenvalue weighted by Crippen LogP contribution is -2.37. The average molecular weight is 406 g/mol. The molecular formula is C22H26N6O2. The number of carbonyl (C=O) groups is 2. The predicted molar refractivity (Wildman–Crippen MR) is 115 cm³/mol. The van der Waals surface area contributed by atoms with Crippen molar-refractivity contribution in [2.75, 3.05) is 18.9 Å². The maximum Gasteiger partial charge on any atom is 0.246 e. The zero-order chi connectivity index (χ0) is 21.7. The number of tetrazole rings is 1. The van der Waals surface area contributed by atoms with Gasteiger partial charge in [0.25, 0.3) is 0 Å². The Bertz CT molecular complexity index is 1040. The minimum absolute atomic E-state index is 0.0632. The van der Waals surface area contributed by atoms with Gasteiger partial charge >= 0.3 is 0 Å². The second-order valence-corrected chi connectivity index (χ2v) is 7.31. The highest BCUT2D eigenvalue weighted by atomic mass is 16.2. The van der Waals surface area contributed by atoms with Crippen LogP contribution in [0.5, 0.6) is 0 Å². The topological polar surface area (TPSA) is 93.0 Å². The van der Waals surface area contributed by atoms with Gasteiger partial charge in [-0.15, -0.1) is 10.2 Å². The monoisotopic (exact) mass is 406 g/mol. The number of anilines is 1. The van der Waals surface area contributed by atoms with E-state index in [1.807, 2.05) is 56.3 Å². The van der Waals surface area contributed by atoms with E-state index in [9.17, 15) is 9.59 Å². The van der Waals surface area contributed by atoms with Crippen LogP contribution < -0.4 is 5.32 Å². The van der Waals surface area contributed by atoms with Crippen molar-refractivity contribution in [2.24, 2.45) is 0 Å². The van der Waals surface area contributed by atoms with E-state index in [0.29, 0.717) is 5.82 Å². The van der Waals surface area contributed by atoms with E-state index in [1.165, 1.54) is 15.3 Å². The van der Waals surface area contributed by atoms with E-state index < -0.39 is 0 Å². The summed E-state index contributed by atoms with van der Waals surface area (Å²) in [5.41, 5.74) is 4.83. The molecule has 2 aromatic carbocycles. The number of likely N-dealkylation sites (N-methyl/N-ethyl adjacent to an activating group) is 1. The lowest BCUT2D eigenvalue weighted by atomic mass is 10.1. The Morgan fingerprint density at radius 2 is 1.83 bits per heavy atom. The first-order valence-corrected chi connectivity index (χ1v) is 9.84. The quantitative estimate of drug-likeness (QED) is 0.651. The molecule has 0 saturated carbocycles. The highest BCUT2D eigenvalue weighted by Crippen LogP contribution is 2.16. The van der Waals surface area contributed by atoms with Gasteiger partial charge in [-0.05, 0) is 48.2 Å². The Labute approximate surface area is 175 Å². The molecule has 1 aromatic heterocycles. The van der Waals surface area contributed by atoms with Crippen molar-refractivity contribution in [1.29, 1.82) is 0 Å². The Morgan fingerprint density at radius 3 is 2.53 bits per heavy atom. The number of carbonyl (C=O) groups excluding carboxylic acids is 2. The number of aryl methyl sites for hydroxylation is 3. The molecule has 1 N–H and O–H groups in total. The minimum atomic E-state index is -0.281. The number of benzene rings is 2.